The van der Waals surface area contributed by atoms with Crippen LogP contribution in [0, 0.1) is 11.3 Å². The molecule has 34 heavy (non-hydrogen) atoms. The molecule has 2 aromatic heterocycles. The average molecular weight is 540 g/mol. The van der Waals surface area contributed by atoms with Gasteiger partial charge in [0.25, 0.3) is 11.8 Å². The number of carbonyl (C=O) groups excluding carboxylic acids is 2. The predicted molar refractivity (Wildman–Crippen MR) is 123 cm³/mol. The maximum Gasteiger partial charge on any atom is 0.352 e. The number of fused-ring (bicyclic) bond motifs is 1. The highest BCUT2D eigenvalue weighted by molar-refractivity contribution is 8.01. The molecule has 4 heterocycles. The van der Waals surface area contributed by atoms with E-state index in [0.717, 1.165) is 11.5 Å². The number of anilines is 1. The van der Waals surface area contributed by atoms with E-state index in [1.165, 1.54) is 39.8 Å². The first-order chi connectivity index (χ1) is 16.4. The summed E-state index contributed by atoms with van der Waals surface area (Å²) in [6, 6.07) is 0.709. The Balaban J connectivity index is 1.49. The number of carboxylic acids is 1. The molecule has 1 saturated heterocycles. The van der Waals surface area contributed by atoms with Crippen LogP contribution in [-0.2, 0) is 19.2 Å². The van der Waals surface area contributed by atoms with Crippen LogP contribution in [0.25, 0.3) is 0 Å². The van der Waals surface area contributed by atoms with Crippen molar-refractivity contribution in [1.29, 1.82) is 5.26 Å². The second-order valence-electron chi connectivity index (χ2n) is 6.44. The van der Waals surface area contributed by atoms with Crippen molar-refractivity contribution in [3.63, 3.8) is 0 Å². The molecule has 2 aromatic rings. The van der Waals surface area contributed by atoms with Crippen LogP contribution in [0.3, 0.4) is 0 Å². The standard InChI is InChI=1S/C16H13N9O5S4/c17-1-2-30-23-7(10-21-15(18)34-24-10)11(26)20-8-12(27)25-9(14(28)29)6(3-31-13(8)25)4-32-16-22-19-5-33-16/h5,8,13H,2-4H2,(H,20,26)(H,28,29)(H2,18,21,24)/b23-7+. The van der Waals surface area contributed by atoms with Crippen LogP contribution in [-0.4, -0.2) is 82.6 Å². The number of aromatic nitrogens is 4. The monoisotopic (exact) mass is 539 g/mol. The van der Waals surface area contributed by atoms with Crippen molar-refractivity contribution in [2.75, 3.05) is 23.8 Å². The van der Waals surface area contributed by atoms with Crippen molar-refractivity contribution in [3.05, 3.63) is 22.6 Å². The maximum absolute atomic E-state index is 12.9. The van der Waals surface area contributed by atoms with Gasteiger partial charge >= 0.3 is 5.97 Å². The van der Waals surface area contributed by atoms with Gasteiger partial charge in [-0.3, -0.25) is 14.5 Å². The topological polar surface area (TPSA) is 210 Å². The van der Waals surface area contributed by atoms with Crippen molar-refractivity contribution < 1.29 is 24.3 Å². The molecule has 2 unspecified atom stereocenters. The molecular weight excluding hydrogens is 527 g/mol. The van der Waals surface area contributed by atoms with Gasteiger partial charge in [0.1, 0.15) is 28.7 Å². The van der Waals surface area contributed by atoms with E-state index < -0.39 is 35.8 Å². The number of aliphatic carboxylic acids is 1. The number of oxime groups is 1. The van der Waals surface area contributed by atoms with Crippen LogP contribution in [0.4, 0.5) is 5.13 Å². The SMILES string of the molecule is N#CCO/N=C(/C(=O)NC1C(=O)N2C(C(=O)O)=C(CSc3nncs3)CSC12)c1nsc(N)n1. The number of β-lactam (4-membered cyclic amide) rings is 1. The zero-order valence-corrected chi connectivity index (χ0v) is 20.0. The number of nitrogen functional groups attached to an aromatic ring is 1. The molecule has 18 heteroatoms. The highest BCUT2D eigenvalue weighted by atomic mass is 32.2. The summed E-state index contributed by atoms with van der Waals surface area (Å²) in [6.45, 7) is -0.421. The smallest absolute Gasteiger partial charge is 0.352 e. The predicted octanol–water partition coefficient (Wildman–Crippen LogP) is -0.253. The summed E-state index contributed by atoms with van der Waals surface area (Å²) in [7, 11) is 0. The van der Waals surface area contributed by atoms with Gasteiger partial charge in [-0.15, -0.1) is 22.0 Å². The van der Waals surface area contributed by atoms with E-state index in [1.807, 2.05) is 0 Å². The summed E-state index contributed by atoms with van der Waals surface area (Å²) in [5.41, 5.74) is 7.25. The minimum absolute atomic E-state index is 0.0830. The fourth-order valence-electron chi connectivity index (χ4n) is 3.02. The van der Waals surface area contributed by atoms with Gasteiger partial charge in [0.2, 0.25) is 18.1 Å². The number of carbonyl (C=O) groups is 3. The van der Waals surface area contributed by atoms with E-state index in [1.54, 1.807) is 11.6 Å². The summed E-state index contributed by atoms with van der Waals surface area (Å²) in [5, 5.41) is 31.6. The van der Waals surface area contributed by atoms with Gasteiger partial charge < -0.3 is 21.0 Å². The molecule has 0 aromatic carbocycles. The van der Waals surface area contributed by atoms with E-state index in [2.05, 4.69) is 30.0 Å². The minimum Gasteiger partial charge on any atom is -0.477 e. The van der Waals surface area contributed by atoms with Crippen LogP contribution in [0.2, 0.25) is 0 Å². The lowest BCUT2D eigenvalue weighted by molar-refractivity contribution is -0.150. The third-order valence-corrected chi connectivity index (χ3v) is 8.23. The molecule has 176 valence electrons. The quantitative estimate of drug-likeness (QED) is 0.123. The third kappa shape index (κ3) is 4.82. The molecule has 1 fully saturated rings. The van der Waals surface area contributed by atoms with Crippen LogP contribution in [0.1, 0.15) is 5.82 Å². The van der Waals surface area contributed by atoms with Crippen molar-refractivity contribution in [2.45, 2.75) is 15.8 Å². The number of hydrogen-bond acceptors (Lipinski definition) is 15. The van der Waals surface area contributed by atoms with Crippen LogP contribution in [0.5, 0.6) is 0 Å². The molecule has 2 atom stereocenters. The van der Waals surface area contributed by atoms with Gasteiger partial charge in [0.05, 0.1) is 0 Å². The molecule has 0 saturated carbocycles. The molecule has 2 aliphatic rings. The number of hydrogen-bond donors (Lipinski definition) is 3. The Morgan fingerprint density at radius 2 is 2.32 bits per heavy atom. The molecule has 0 spiro atoms. The van der Waals surface area contributed by atoms with Gasteiger partial charge in [0.15, 0.2) is 9.47 Å². The fourth-order valence-corrected chi connectivity index (χ4v) is 6.43. The third-order valence-electron chi connectivity index (χ3n) is 4.40. The molecule has 4 N–H and O–H groups in total. The maximum atomic E-state index is 12.9. The van der Waals surface area contributed by atoms with Crippen LogP contribution in [0.15, 0.2) is 26.3 Å². The second-order valence-corrected chi connectivity index (χ2v) is 10.4. The summed E-state index contributed by atoms with van der Waals surface area (Å²) in [4.78, 5) is 47.5. The highest BCUT2D eigenvalue weighted by Crippen LogP contribution is 2.41. The second kappa shape index (κ2) is 10.3. The largest absolute Gasteiger partial charge is 0.477 e. The molecule has 0 radical (unpaired) electrons. The Bertz CT molecular complexity index is 1220. The molecular formula is C16H13N9O5S4. The lowest BCUT2D eigenvalue weighted by Gasteiger charge is -2.49. The van der Waals surface area contributed by atoms with Gasteiger partial charge in [-0.1, -0.05) is 28.3 Å². The van der Waals surface area contributed by atoms with E-state index in [4.69, 9.17) is 15.8 Å². The number of nitriles is 1. The average Bonchev–Trinajstić information content (AvgIpc) is 3.49. The van der Waals surface area contributed by atoms with Crippen molar-refractivity contribution in [1.82, 2.24) is 29.8 Å². The normalized spacial score (nSPS) is 19.8. The highest BCUT2D eigenvalue weighted by Gasteiger charge is 2.54. The molecule has 2 aliphatic heterocycles. The van der Waals surface area contributed by atoms with Crippen LogP contribution >= 0.6 is 46.4 Å². The van der Waals surface area contributed by atoms with E-state index in [-0.39, 0.29) is 22.4 Å². The lowest BCUT2D eigenvalue weighted by Crippen LogP contribution is -2.71. The van der Waals surface area contributed by atoms with E-state index >= 15 is 0 Å². The molecule has 4 rings (SSSR count). The van der Waals surface area contributed by atoms with Gasteiger partial charge in [-0.25, -0.2) is 4.79 Å². The van der Waals surface area contributed by atoms with Crippen LogP contribution < -0.4 is 11.1 Å². The Morgan fingerprint density at radius 3 is 2.97 bits per heavy atom. The number of nitrogens with one attached hydrogen (secondary N) is 1. The molecule has 2 amide bonds. The Morgan fingerprint density at radius 1 is 1.50 bits per heavy atom. The zero-order chi connectivity index (χ0) is 24.2. The number of amides is 2. The Labute approximate surface area is 207 Å². The molecule has 0 aliphatic carbocycles. The van der Waals surface area contributed by atoms with E-state index in [0.29, 0.717) is 21.4 Å². The number of rotatable bonds is 9. The number of thioether (sulfide) groups is 2. The first-order valence-electron chi connectivity index (χ1n) is 9.17. The summed E-state index contributed by atoms with van der Waals surface area (Å²) < 4.78 is 4.59. The van der Waals surface area contributed by atoms with Crippen molar-refractivity contribution in [3.8, 4) is 6.07 Å². The Kier molecular flexibility index (Phi) is 7.26. The van der Waals surface area contributed by atoms with Crippen molar-refractivity contribution >= 4 is 75.0 Å². The number of nitrogens with zero attached hydrogens (tertiary/aromatic N) is 7. The van der Waals surface area contributed by atoms with Gasteiger partial charge in [-0.05, 0) is 5.57 Å². The molecule has 14 nitrogen and oxygen atoms in total. The van der Waals surface area contributed by atoms with Gasteiger partial charge in [0, 0.05) is 23.0 Å². The van der Waals surface area contributed by atoms with Crippen molar-refractivity contribution in [2.24, 2.45) is 5.16 Å². The number of nitrogens with two attached hydrogens (primary N) is 1. The first-order valence-corrected chi connectivity index (χ1v) is 12.9. The first kappa shape index (κ1) is 23.9. The van der Waals surface area contributed by atoms with E-state index in [9.17, 15) is 19.5 Å². The number of carboxylic acid groups (broad SMARTS) is 1. The zero-order valence-electron chi connectivity index (χ0n) is 16.8. The minimum atomic E-state index is -1.23. The molecule has 0 bridgehead atoms. The lowest BCUT2D eigenvalue weighted by atomic mass is 10.0. The summed E-state index contributed by atoms with van der Waals surface area (Å²) in [6.07, 6.45) is 0. The summed E-state index contributed by atoms with van der Waals surface area (Å²) >= 11 is 4.82. The summed E-state index contributed by atoms with van der Waals surface area (Å²) in [5.74, 6) is -2.07. The Hall–Kier alpha value is -3.27. The fraction of sp³-hybridized carbons (Fsp3) is 0.312. The van der Waals surface area contributed by atoms with Gasteiger partial charge in [-0.2, -0.15) is 14.6 Å².